The predicted octanol–water partition coefficient (Wildman–Crippen LogP) is 0.427. The summed E-state index contributed by atoms with van der Waals surface area (Å²) in [4.78, 5) is 35.8. The van der Waals surface area contributed by atoms with Crippen LogP contribution in [0.5, 0.6) is 0 Å². The van der Waals surface area contributed by atoms with Crippen LogP contribution in [0.4, 0.5) is 5.69 Å². The van der Waals surface area contributed by atoms with Crippen LogP contribution >= 0.6 is 0 Å². The zero-order valence-electron chi connectivity index (χ0n) is 14.3. The van der Waals surface area contributed by atoms with Crippen LogP contribution in [0, 0.1) is 0 Å². The lowest BCUT2D eigenvalue weighted by atomic mass is 10.1. The Hall–Kier alpha value is -2.98. The van der Waals surface area contributed by atoms with Crippen molar-refractivity contribution in [3.05, 3.63) is 35.9 Å². The molecule has 0 fully saturated rings. The van der Waals surface area contributed by atoms with E-state index in [4.69, 9.17) is 5.73 Å². The maximum atomic E-state index is 12.8. The number of anilines is 1. The minimum atomic E-state index is -4.23. The number of hydrogen-bond acceptors (Lipinski definition) is 5. The molecule has 0 saturated carbocycles. The van der Waals surface area contributed by atoms with Crippen molar-refractivity contribution in [2.45, 2.75) is 23.8 Å². The summed E-state index contributed by atoms with van der Waals surface area (Å²) < 4.78 is 27.7. The minimum Gasteiger partial charge on any atom is -0.480 e. The fourth-order valence-electron chi connectivity index (χ4n) is 3.11. The fraction of sp³-hybridized carbons (Fsp3) is 0.235. The van der Waals surface area contributed by atoms with Crippen LogP contribution in [0.3, 0.4) is 0 Å². The van der Waals surface area contributed by atoms with Crippen LogP contribution in [-0.4, -0.2) is 44.4 Å². The molecule has 0 radical (unpaired) electrons. The number of benzene rings is 2. The van der Waals surface area contributed by atoms with Gasteiger partial charge < -0.3 is 15.7 Å². The molecule has 0 aliphatic carbocycles. The van der Waals surface area contributed by atoms with Crippen molar-refractivity contribution in [2.75, 3.05) is 11.9 Å². The fourth-order valence-corrected chi connectivity index (χ4v) is 4.54. The molecule has 2 amide bonds. The molecule has 1 aliphatic heterocycles. The van der Waals surface area contributed by atoms with E-state index in [9.17, 15) is 27.9 Å². The number of carbonyl (C=O) groups excluding carboxylic acids is 2. The number of carboxylic acid groups (broad SMARTS) is 1. The molecule has 1 heterocycles. The lowest BCUT2D eigenvalue weighted by molar-refractivity contribution is -0.139. The summed E-state index contributed by atoms with van der Waals surface area (Å²) >= 11 is 0. The number of aliphatic carboxylic acids is 1. The maximum absolute atomic E-state index is 12.8. The SMILES string of the molecule is CN1C(=O)c2cccc3c(S(=O)(=O)N[C@H](CCC(N)=O)C(=O)O)ccc1c23. The summed E-state index contributed by atoms with van der Waals surface area (Å²) in [7, 11) is -2.64. The largest absolute Gasteiger partial charge is 0.480 e. The Labute approximate surface area is 154 Å². The molecule has 2 aromatic carbocycles. The normalized spacial score (nSPS) is 14.6. The molecule has 0 unspecified atom stereocenters. The molecule has 3 rings (SSSR count). The van der Waals surface area contributed by atoms with Crippen LogP contribution in [0.2, 0.25) is 0 Å². The number of amides is 2. The summed E-state index contributed by atoms with van der Waals surface area (Å²) in [6, 6.07) is 6.06. The maximum Gasteiger partial charge on any atom is 0.321 e. The molecule has 0 spiro atoms. The quantitative estimate of drug-likeness (QED) is 0.623. The third kappa shape index (κ3) is 3.24. The van der Waals surface area contributed by atoms with Gasteiger partial charge in [0, 0.05) is 29.8 Å². The molecule has 27 heavy (non-hydrogen) atoms. The first-order valence-corrected chi connectivity index (χ1v) is 9.49. The zero-order chi connectivity index (χ0) is 19.9. The second-order valence-electron chi connectivity index (χ2n) is 6.19. The molecule has 4 N–H and O–H groups in total. The van der Waals surface area contributed by atoms with Gasteiger partial charge in [-0.05, 0) is 24.6 Å². The van der Waals surface area contributed by atoms with Crippen LogP contribution in [0.1, 0.15) is 23.2 Å². The first-order valence-electron chi connectivity index (χ1n) is 8.00. The number of nitrogens with zero attached hydrogens (tertiary/aromatic N) is 1. The van der Waals surface area contributed by atoms with E-state index in [-0.39, 0.29) is 23.6 Å². The highest BCUT2D eigenvalue weighted by Crippen LogP contribution is 2.39. The van der Waals surface area contributed by atoms with Crippen molar-refractivity contribution >= 4 is 44.3 Å². The molecule has 1 atom stereocenters. The van der Waals surface area contributed by atoms with Crippen LogP contribution in [0.15, 0.2) is 35.2 Å². The lowest BCUT2D eigenvalue weighted by Gasteiger charge is -2.16. The van der Waals surface area contributed by atoms with Crippen LogP contribution < -0.4 is 15.4 Å². The smallest absolute Gasteiger partial charge is 0.321 e. The molecule has 2 aromatic rings. The first kappa shape index (κ1) is 18.8. The van der Waals surface area contributed by atoms with E-state index < -0.39 is 27.9 Å². The first-order chi connectivity index (χ1) is 12.6. The van der Waals surface area contributed by atoms with E-state index in [2.05, 4.69) is 4.72 Å². The molecule has 142 valence electrons. The average Bonchev–Trinajstić information content (AvgIpc) is 2.85. The molecule has 0 aromatic heterocycles. The van der Waals surface area contributed by atoms with Crippen LogP contribution in [0.25, 0.3) is 10.8 Å². The molecule has 0 bridgehead atoms. The van der Waals surface area contributed by atoms with Gasteiger partial charge in [-0.2, -0.15) is 4.72 Å². The van der Waals surface area contributed by atoms with Crippen molar-refractivity contribution in [3.63, 3.8) is 0 Å². The average molecular weight is 391 g/mol. The minimum absolute atomic E-state index is 0.142. The molecule has 10 heteroatoms. The topological polar surface area (TPSA) is 147 Å². The van der Waals surface area contributed by atoms with Gasteiger partial charge in [-0.15, -0.1) is 0 Å². The van der Waals surface area contributed by atoms with Gasteiger partial charge in [0.2, 0.25) is 15.9 Å². The number of primary amides is 1. The number of carbonyl (C=O) groups is 3. The second-order valence-corrected chi connectivity index (χ2v) is 7.87. The Kier molecular flexibility index (Phi) is 4.62. The summed E-state index contributed by atoms with van der Waals surface area (Å²) in [6.07, 6.45) is -0.547. The molecule has 1 aliphatic rings. The predicted molar refractivity (Wildman–Crippen MR) is 96.9 cm³/mol. The van der Waals surface area contributed by atoms with Gasteiger partial charge in [0.05, 0.1) is 10.6 Å². The highest BCUT2D eigenvalue weighted by Gasteiger charge is 2.32. The van der Waals surface area contributed by atoms with Gasteiger partial charge in [0.1, 0.15) is 6.04 Å². The Morgan fingerprint density at radius 3 is 2.59 bits per heavy atom. The highest BCUT2D eigenvalue weighted by atomic mass is 32.2. The van der Waals surface area contributed by atoms with Gasteiger partial charge in [0.15, 0.2) is 0 Å². The number of hydrogen-bond donors (Lipinski definition) is 3. The number of nitrogens with two attached hydrogens (primary N) is 1. The van der Waals surface area contributed by atoms with E-state index in [1.807, 2.05) is 0 Å². The molecular formula is C17H17N3O6S. The summed E-state index contributed by atoms with van der Waals surface area (Å²) in [5.41, 5.74) is 5.97. The van der Waals surface area contributed by atoms with E-state index >= 15 is 0 Å². The lowest BCUT2D eigenvalue weighted by Crippen LogP contribution is -2.41. The summed E-state index contributed by atoms with van der Waals surface area (Å²) in [5.74, 6) is -2.39. The van der Waals surface area contributed by atoms with E-state index in [1.54, 1.807) is 25.2 Å². The van der Waals surface area contributed by atoms with Crippen LogP contribution in [-0.2, 0) is 19.6 Å². The number of carboxylic acids is 1. The third-order valence-electron chi connectivity index (χ3n) is 4.44. The number of sulfonamides is 1. The Morgan fingerprint density at radius 2 is 1.96 bits per heavy atom. The van der Waals surface area contributed by atoms with Crippen molar-refractivity contribution in [1.29, 1.82) is 0 Å². The Morgan fingerprint density at radius 1 is 1.26 bits per heavy atom. The van der Waals surface area contributed by atoms with E-state index in [0.29, 0.717) is 22.0 Å². The van der Waals surface area contributed by atoms with E-state index in [0.717, 1.165) is 0 Å². The highest BCUT2D eigenvalue weighted by molar-refractivity contribution is 7.89. The van der Waals surface area contributed by atoms with Crippen molar-refractivity contribution in [3.8, 4) is 0 Å². The third-order valence-corrected chi connectivity index (χ3v) is 5.97. The van der Waals surface area contributed by atoms with Gasteiger partial charge in [0.25, 0.3) is 5.91 Å². The zero-order valence-corrected chi connectivity index (χ0v) is 15.1. The Balaban J connectivity index is 2.06. The van der Waals surface area contributed by atoms with Crippen molar-refractivity contribution < 1.29 is 27.9 Å². The standard InChI is InChI=1S/C17H17N3O6S/c1-20-12-6-7-13(9-3-2-4-10(15(9)12)16(20)22)27(25,26)19-11(17(23)24)5-8-14(18)21/h2-4,6-7,11,19H,5,8H2,1H3,(H2,18,21)(H,23,24)/t11-/m1/s1. The van der Waals surface area contributed by atoms with Gasteiger partial charge in [-0.3, -0.25) is 14.4 Å². The van der Waals surface area contributed by atoms with Gasteiger partial charge >= 0.3 is 5.97 Å². The molecule has 9 nitrogen and oxygen atoms in total. The number of nitrogens with one attached hydrogen (secondary N) is 1. The molecule has 0 saturated heterocycles. The second kappa shape index (κ2) is 6.63. The van der Waals surface area contributed by atoms with Gasteiger partial charge in [-0.1, -0.05) is 12.1 Å². The monoisotopic (exact) mass is 391 g/mol. The van der Waals surface area contributed by atoms with Crippen molar-refractivity contribution in [1.82, 2.24) is 4.72 Å². The van der Waals surface area contributed by atoms with Gasteiger partial charge in [-0.25, -0.2) is 8.42 Å². The number of rotatable bonds is 7. The Bertz CT molecular complexity index is 1080. The summed E-state index contributed by atoms with van der Waals surface area (Å²) in [5, 5.41) is 10.1. The molecular weight excluding hydrogens is 374 g/mol. The summed E-state index contributed by atoms with van der Waals surface area (Å²) in [6.45, 7) is 0. The van der Waals surface area contributed by atoms with E-state index in [1.165, 1.54) is 17.0 Å². The van der Waals surface area contributed by atoms with Crippen molar-refractivity contribution in [2.24, 2.45) is 5.73 Å².